The highest BCUT2D eigenvalue weighted by molar-refractivity contribution is 9.10. The SMILES string of the molecule is CCn1c2ccccc2c2cc([P@](=Nc3ccc(C(=O)O)cc3)(Oc3cccc(Br)c3)C(C)(C)C)ccc21. The average Bonchev–Trinajstić information content (AvgIpc) is 3.21. The molecule has 0 saturated heterocycles. The molecule has 194 valence electrons. The second kappa shape index (κ2) is 10.1. The topological polar surface area (TPSA) is 63.8 Å². The van der Waals surface area contributed by atoms with Gasteiger partial charge in [0.2, 0.25) is 0 Å². The average molecular weight is 589 g/mol. The van der Waals surface area contributed by atoms with Gasteiger partial charge in [0.25, 0.3) is 0 Å². The van der Waals surface area contributed by atoms with Gasteiger partial charge in [-0.1, -0.05) is 61.0 Å². The van der Waals surface area contributed by atoms with Crippen LogP contribution >= 0.6 is 23.2 Å². The maximum absolute atomic E-state index is 11.5. The molecule has 1 heterocycles. The summed E-state index contributed by atoms with van der Waals surface area (Å²) >= 11 is 3.58. The molecule has 7 heteroatoms. The summed E-state index contributed by atoms with van der Waals surface area (Å²) in [6, 6.07) is 29.6. The zero-order chi connectivity index (χ0) is 27.1. The van der Waals surface area contributed by atoms with Gasteiger partial charge in [-0.15, -0.1) is 0 Å². The van der Waals surface area contributed by atoms with E-state index in [0.717, 1.165) is 22.1 Å². The van der Waals surface area contributed by atoms with Crippen LogP contribution in [0.25, 0.3) is 21.8 Å². The van der Waals surface area contributed by atoms with Gasteiger partial charge in [0, 0.05) is 43.3 Å². The van der Waals surface area contributed by atoms with Crippen LogP contribution in [-0.4, -0.2) is 20.8 Å². The molecule has 1 aromatic heterocycles. The van der Waals surface area contributed by atoms with Gasteiger partial charge in [-0.3, -0.25) is 0 Å². The van der Waals surface area contributed by atoms with Crippen LogP contribution < -0.4 is 9.83 Å². The lowest BCUT2D eigenvalue weighted by Gasteiger charge is -2.37. The van der Waals surface area contributed by atoms with Crippen LogP contribution in [0.2, 0.25) is 0 Å². The quantitative estimate of drug-likeness (QED) is 0.201. The highest BCUT2D eigenvalue weighted by Crippen LogP contribution is 2.62. The Morgan fingerprint density at radius 3 is 2.29 bits per heavy atom. The van der Waals surface area contributed by atoms with Gasteiger partial charge in [-0.2, -0.15) is 0 Å². The first-order chi connectivity index (χ1) is 18.1. The predicted octanol–water partition coefficient (Wildman–Crippen LogP) is 9.23. The summed E-state index contributed by atoms with van der Waals surface area (Å²) in [7, 11) is -2.77. The molecule has 0 aliphatic heterocycles. The second-order valence-electron chi connectivity index (χ2n) is 10.2. The molecule has 1 N–H and O–H groups in total. The summed E-state index contributed by atoms with van der Waals surface area (Å²) in [5, 5.41) is 12.4. The summed E-state index contributed by atoms with van der Waals surface area (Å²) in [4.78, 5) is 11.5. The van der Waals surface area contributed by atoms with Crippen molar-refractivity contribution in [3.63, 3.8) is 0 Å². The first-order valence-electron chi connectivity index (χ1n) is 12.6. The van der Waals surface area contributed by atoms with Crippen molar-refractivity contribution in [3.05, 3.63) is 101 Å². The fourth-order valence-electron chi connectivity index (χ4n) is 4.89. The van der Waals surface area contributed by atoms with Crippen molar-refractivity contribution in [2.24, 2.45) is 4.74 Å². The number of nitrogens with zero attached hydrogens (tertiary/aromatic N) is 2. The third-order valence-corrected chi connectivity index (χ3v) is 11.0. The highest BCUT2D eigenvalue weighted by atomic mass is 79.9. The van der Waals surface area contributed by atoms with E-state index in [1.165, 1.54) is 21.8 Å². The second-order valence-corrected chi connectivity index (χ2v) is 14.5. The normalized spacial score (nSPS) is 13.4. The molecule has 4 aromatic carbocycles. The number of halogens is 1. The molecule has 5 aromatic rings. The standard InChI is InChI=1S/C31H30BrN2O3P/c1-5-34-28-12-7-6-11-26(28)27-20-25(17-18-29(27)34)38(31(2,3)4,37-24-10-8-9-22(32)19-24)33-23-15-13-21(14-16-23)30(35)36/h6-20H,5H2,1-4H3,(H,35,36)/t38-/m0/s1. The van der Waals surface area contributed by atoms with Crippen LogP contribution in [0.5, 0.6) is 5.75 Å². The lowest BCUT2D eigenvalue weighted by atomic mass is 10.1. The predicted molar refractivity (Wildman–Crippen MR) is 162 cm³/mol. The van der Waals surface area contributed by atoms with Gasteiger partial charge in [-0.05, 0) is 73.7 Å². The minimum absolute atomic E-state index is 0.227. The van der Waals surface area contributed by atoms with E-state index in [-0.39, 0.29) is 10.7 Å². The molecule has 0 aliphatic rings. The minimum atomic E-state index is -2.77. The number of rotatable bonds is 6. The van der Waals surface area contributed by atoms with E-state index in [0.29, 0.717) is 5.69 Å². The lowest BCUT2D eigenvalue weighted by Crippen LogP contribution is -2.27. The number of fused-ring (bicyclic) bond motifs is 3. The molecule has 5 rings (SSSR count). The zero-order valence-electron chi connectivity index (χ0n) is 21.9. The van der Waals surface area contributed by atoms with Crippen molar-refractivity contribution in [2.45, 2.75) is 39.4 Å². The first kappa shape index (κ1) is 26.3. The maximum Gasteiger partial charge on any atom is 0.335 e. The fraction of sp³-hybridized carbons (Fsp3) is 0.194. The Labute approximate surface area is 231 Å². The van der Waals surface area contributed by atoms with Gasteiger partial charge in [0.05, 0.1) is 11.3 Å². The third-order valence-electron chi connectivity index (χ3n) is 6.74. The molecule has 0 unspecified atom stereocenters. The molecular weight excluding hydrogens is 559 g/mol. The molecule has 0 radical (unpaired) electrons. The van der Waals surface area contributed by atoms with Gasteiger partial charge >= 0.3 is 5.97 Å². The number of aromatic carboxylic acids is 1. The summed E-state index contributed by atoms with van der Waals surface area (Å²) < 4.78 is 15.6. The van der Waals surface area contributed by atoms with Crippen LogP contribution in [-0.2, 0) is 6.54 Å². The number of aromatic nitrogens is 1. The van der Waals surface area contributed by atoms with Crippen LogP contribution in [0.1, 0.15) is 38.1 Å². The zero-order valence-corrected chi connectivity index (χ0v) is 24.3. The number of carboxylic acid groups (broad SMARTS) is 1. The summed E-state index contributed by atoms with van der Waals surface area (Å²) in [5.41, 5.74) is 3.29. The van der Waals surface area contributed by atoms with Crippen LogP contribution in [0.3, 0.4) is 0 Å². The molecule has 38 heavy (non-hydrogen) atoms. The largest absolute Gasteiger partial charge is 0.478 e. The van der Waals surface area contributed by atoms with E-state index >= 15 is 0 Å². The highest BCUT2D eigenvalue weighted by Gasteiger charge is 2.39. The van der Waals surface area contributed by atoms with Gasteiger partial charge in [0.15, 0.2) is 7.28 Å². The number of benzene rings is 4. The molecule has 0 bridgehead atoms. The third kappa shape index (κ3) is 4.68. The molecular formula is C31H30BrN2O3P. The number of hydrogen-bond acceptors (Lipinski definition) is 3. The maximum atomic E-state index is 11.5. The van der Waals surface area contributed by atoms with Crippen molar-refractivity contribution in [1.29, 1.82) is 0 Å². The fourth-order valence-corrected chi connectivity index (χ4v) is 8.33. The van der Waals surface area contributed by atoms with E-state index in [2.05, 4.69) is 90.7 Å². The monoisotopic (exact) mass is 588 g/mol. The summed E-state index contributed by atoms with van der Waals surface area (Å²) in [6.45, 7) is 9.52. The first-order valence-corrected chi connectivity index (χ1v) is 15.0. The van der Waals surface area contributed by atoms with Crippen LogP contribution in [0, 0.1) is 0 Å². The Morgan fingerprint density at radius 2 is 1.63 bits per heavy atom. The Bertz CT molecular complexity index is 1720. The van der Waals surface area contributed by atoms with Crippen molar-refractivity contribution >= 4 is 62.0 Å². The molecule has 0 fully saturated rings. The Balaban J connectivity index is 1.83. The van der Waals surface area contributed by atoms with E-state index in [1.54, 1.807) is 24.3 Å². The van der Waals surface area contributed by atoms with E-state index < -0.39 is 13.3 Å². The number of carboxylic acids is 1. The number of para-hydroxylation sites is 1. The molecule has 0 spiro atoms. The molecule has 0 amide bonds. The molecule has 5 nitrogen and oxygen atoms in total. The number of hydrogen-bond donors (Lipinski definition) is 1. The lowest BCUT2D eigenvalue weighted by molar-refractivity contribution is 0.0697. The van der Waals surface area contributed by atoms with Crippen molar-refractivity contribution in [3.8, 4) is 5.75 Å². The number of aryl methyl sites for hydroxylation is 1. The number of carbonyl (C=O) groups is 1. The molecule has 1 atom stereocenters. The van der Waals surface area contributed by atoms with Crippen molar-refractivity contribution in [1.82, 2.24) is 4.57 Å². The van der Waals surface area contributed by atoms with Crippen molar-refractivity contribution in [2.75, 3.05) is 0 Å². The minimum Gasteiger partial charge on any atom is -0.478 e. The van der Waals surface area contributed by atoms with Gasteiger partial charge in [-0.25, -0.2) is 9.54 Å². The van der Waals surface area contributed by atoms with E-state index in [4.69, 9.17) is 9.27 Å². The van der Waals surface area contributed by atoms with E-state index in [9.17, 15) is 9.90 Å². The Morgan fingerprint density at radius 1 is 0.921 bits per heavy atom. The summed E-state index contributed by atoms with van der Waals surface area (Å²) in [5.74, 6) is -0.235. The van der Waals surface area contributed by atoms with Gasteiger partial charge < -0.3 is 14.2 Å². The smallest absolute Gasteiger partial charge is 0.335 e. The Hall–Kier alpha value is -3.34. The van der Waals surface area contributed by atoms with E-state index in [1.807, 2.05) is 24.3 Å². The molecule has 0 saturated carbocycles. The van der Waals surface area contributed by atoms with Crippen LogP contribution in [0.4, 0.5) is 5.69 Å². The van der Waals surface area contributed by atoms with Crippen molar-refractivity contribution < 1.29 is 14.4 Å². The van der Waals surface area contributed by atoms with Gasteiger partial charge in [0.1, 0.15) is 5.75 Å². The summed E-state index contributed by atoms with van der Waals surface area (Å²) in [6.07, 6.45) is 0. The van der Waals surface area contributed by atoms with Crippen LogP contribution in [0.15, 0.2) is 100 Å². The Kier molecular flexibility index (Phi) is 6.97. The molecule has 0 aliphatic carbocycles.